The number of amides is 1. The van der Waals surface area contributed by atoms with Gasteiger partial charge in [-0.1, -0.05) is 49.6 Å². The lowest BCUT2D eigenvalue weighted by Gasteiger charge is -2.35. The van der Waals surface area contributed by atoms with E-state index in [1.54, 1.807) is 0 Å². The summed E-state index contributed by atoms with van der Waals surface area (Å²) in [6.07, 6.45) is 6.44. The molecule has 1 saturated carbocycles. The van der Waals surface area contributed by atoms with Gasteiger partial charge in [0.15, 0.2) is 9.84 Å². The summed E-state index contributed by atoms with van der Waals surface area (Å²) < 4.78 is 24.3. The van der Waals surface area contributed by atoms with Crippen LogP contribution in [-0.4, -0.2) is 33.2 Å². The van der Waals surface area contributed by atoms with E-state index in [-0.39, 0.29) is 35.2 Å². The molecule has 1 aromatic carbocycles. The van der Waals surface area contributed by atoms with Gasteiger partial charge in [0, 0.05) is 13.0 Å². The van der Waals surface area contributed by atoms with Crippen LogP contribution in [0.1, 0.15) is 50.5 Å². The molecule has 0 radical (unpaired) electrons. The highest BCUT2D eigenvalue weighted by Gasteiger charge is 2.32. The van der Waals surface area contributed by atoms with Crippen molar-refractivity contribution in [2.45, 2.75) is 50.7 Å². The van der Waals surface area contributed by atoms with Gasteiger partial charge >= 0.3 is 0 Å². The van der Waals surface area contributed by atoms with Gasteiger partial charge in [-0.25, -0.2) is 8.42 Å². The van der Waals surface area contributed by atoms with Gasteiger partial charge < -0.3 is 11.1 Å². The maximum Gasteiger partial charge on any atom is 0.220 e. The number of hydrogen-bond donors (Lipinski definition) is 2. The van der Waals surface area contributed by atoms with Gasteiger partial charge in [-0.2, -0.15) is 0 Å². The first kappa shape index (κ1) is 22.9. The monoisotopic (exact) mass is 402 g/mol. The predicted octanol–water partition coefficient (Wildman–Crippen LogP) is 2.83. The van der Waals surface area contributed by atoms with Crippen molar-refractivity contribution in [2.75, 3.05) is 18.8 Å². The molecule has 1 aromatic rings. The standard InChI is InChI=1S/C19H30N2O3S.ClH/c20-16-19(10-5-2-6-11-19)14-18(22)21-12-7-13-25(23,24)15-17-8-3-1-4-9-17;/h1,3-4,8-9H,2,5-7,10-16,20H2,(H,21,22);1H. The van der Waals surface area contributed by atoms with E-state index in [4.69, 9.17) is 5.73 Å². The van der Waals surface area contributed by atoms with Crippen LogP contribution in [0.25, 0.3) is 0 Å². The van der Waals surface area contributed by atoms with Crippen LogP contribution in [0, 0.1) is 5.41 Å². The number of rotatable bonds is 9. The van der Waals surface area contributed by atoms with Crippen molar-refractivity contribution >= 4 is 28.2 Å². The molecule has 0 saturated heterocycles. The molecule has 2 rings (SSSR count). The minimum atomic E-state index is -3.15. The maximum atomic E-state index is 12.2. The summed E-state index contributed by atoms with van der Waals surface area (Å²) in [6.45, 7) is 0.944. The van der Waals surface area contributed by atoms with E-state index in [0.717, 1.165) is 31.2 Å². The Kier molecular flexibility index (Phi) is 9.61. The van der Waals surface area contributed by atoms with E-state index in [9.17, 15) is 13.2 Å². The summed E-state index contributed by atoms with van der Waals surface area (Å²) >= 11 is 0. The highest BCUT2D eigenvalue weighted by Crippen LogP contribution is 2.38. The zero-order chi connectivity index (χ0) is 18.2. The van der Waals surface area contributed by atoms with Crippen LogP contribution in [0.5, 0.6) is 0 Å². The van der Waals surface area contributed by atoms with Crippen LogP contribution in [0.4, 0.5) is 0 Å². The second-order valence-corrected chi connectivity index (χ2v) is 9.41. The normalized spacial score (nSPS) is 16.5. The molecular weight excluding hydrogens is 372 g/mol. The van der Waals surface area contributed by atoms with E-state index in [1.165, 1.54) is 6.42 Å². The molecular formula is C19H31ClN2O3S. The van der Waals surface area contributed by atoms with E-state index in [1.807, 2.05) is 30.3 Å². The first-order chi connectivity index (χ1) is 11.9. The second-order valence-electron chi connectivity index (χ2n) is 7.22. The lowest BCUT2D eigenvalue weighted by atomic mass is 9.71. The number of carbonyl (C=O) groups excluding carboxylic acids is 1. The zero-order valence-electron chi connectivity index (χ0n) is 15.3. The van der Waals surface area contributed by atoms with Crippen molar-refractivity contribution in [3.05, 3.63) is 35.9 Å². The fourth-order valence-corrected chi connectivity index (χ4v) is 5.01. The number of carbonyl (C=O) groups is 1. The fourth-order valence-electron chi connectivity index (χ4n) is 3.58. The fraction of sp³-hybridized carbons (Fsp3) is 0.632. The Balaban J connectivity index is 0.00000338. The molecule has 1 amide bonds. The lowest BCUT2D eigenvalue weighted by Crippen LogP contribution is -2.39. The van der Waals surface area contributed by atoms with Gasteiger partial charge in [0.25, 0.3) is 0 Å². The van der Waals surface area contributed by atoms with Gasteiger partial charge in [-0.3, -0.25) is 4.79 Å². The average Bonchev–Trinajstić information content (AvgIpc) is 2.60. The predicted molar refractivity (Wildman–Crippen MR) is 108 cm³/mol. The van der Waals surface area contributed by atoms with Crippen molar-refractivity contribution in [2.24, 2.45) is 11.1 Å². The maximum absolute atomic E-state index is 12.2. The zero-order valence-corrected chi connectivity index (χ0v) is 16.9. The summed E-state index contributed by atoms with van der Waals surface area (Å²) in [5.74, 6) is 0.134. The van der Waals surface area contributed by atoms with Gasteiger partial charge in [0.05, 0.1) is 11.5 Å². The Bertz CT molecular complexity index is 644. The second kappa shape index (κ2) is 10.9. The third kappa shape index (κ3) is 7.64. The summed E-state index contributed by atoms with van der Waals surface area (Å²) in [6, 6.07) is 9.17. The molecule has 1 aliphatic carbocycles. The molecule has 0 heterocycles. The molecule has 0 aliphatic heterocycles. The quantitative estimate of drug-likeness (QED) is 0.621. The van der Waals surface area contributed by atoms with Crippen LogP contribution < -0.4 is 11.1 Å². The van der Waals surface area contributed by atoms with Crippen LogP contribution in [-0.2, 0) is 20.4 Å². The Morgan fingerprint density at radius 3 is 2.38 bits per heavy atom. The van der Waals surface area contributed by atoms with Crippen LogP contribution in [0.15, 0.2) is 30.3 Å². The molecule has 0 atom stereocenters. The third-order valence-corrected chi connectivity index (χ3v) is 6.75. The van der Waals surface area contributed by atoms with Crippen molar-refractivity contribution < 1.29 is 13.2 Å². The SMILES string of the molecule is Cl.NCC1(CC(=O)NCCCS(=O)(=O)Cc2ccccc2)CCCCC1. The molecule has 7 heteroatoms. The summed E-state index contributed by atoms with van der Waals surface area (Å²) in [7, 11) is -3.15. The Morgan fingerprint density at radius 1 is 1.12 bits per heavy atom. The molecule has 3 N–H and O–H groups in total. The lowest BCUT2D eigenvalue weighted by molar-refractivity contribution is -0.123. The van der Waals surface area contributed by atoms with Gasteiger partial charge in [-0.15, -0.1) is 12.4 Å². The van der Waals surface area contributed by atoms with Crippen LogP contribution in [0.3, 0.4) is 0 Å². The highest BCUT2D eigenvalue weighted by molar-refractivity contribution is 7.90. The molecule has 0 unspecified atom stereocenters. The number of benzene rings is 1. The molecule has 148 valence electrons. The molecule has 26 heavy (non-hydrogen) atoms. The number of hydrogen-bond acceptors (Lipinski definition) is 4. The van der Waals surface area contributed by atoms with Crippen LogP contribution >= 0.6 is 12.4 Å². The first-order valence-corrected chi connectivity index (χ1v) is 11.0. The largest absolute Gasteiger partial charge is 0.356 e. The number of nitrogens with two attached hydrogens (primary N) is 1. The highest BCUT2D eigenvalue weighted by atomic mass is 35.5. The third-order valence-electron chi connectivity index (χ3n) is 5.07. The Hall–Kier alpha value is -1.11. The molecule has 1 fully saturated rings. The van der Waals surface area contributed by atoms with Crippen molar-refractivity contribution in [1.29, 1.82) is 0 Å². The molecule has 5 nitrogen and oxygen atoms in total. The molecule has 0 aromatic heterocycles. The van der Waals surface area contributed by atoms with Gasteiger partial charge in [0.1, 0.15) is 0 Å². The van der Waals surface area contributed by atoms with E-state index >= 15 is 0 Å². The van der Waals surface area contributed by atoms with Crippen molar-refractivity contribution in [3.63, 3.8) is 0 Å². The van der Waals surface area contributed by atoms with Crippen LogP contribution in [0.2, 0.25) is 0 Å². The topological polar surface area (TPSA) is 89.3 Å². The van der Waals surface area contributed by atoms with Crippen molar-refractivity contribution in [3.8, 4) is 0 Å². The molecule has 0 bridgehead atoms. The number of nitrogens with one attached hydrogen (secondary N) is 1. The summed E-state index contributed by atoms with van der Waals surface area (Å²) in [4.78, 5) is 12.2. The van der Waals surface area contributed by atoms with Gasteiger partial charge in [0.2, 0.25) is 5.91 Å². The summed E-state index contributed by atoms with van der Waals surface area (Å²) in [5, 5.41) is 2.87. The summed E-state index contributed by atoms with van der Waals surface area (Å²) in [5.41, 5.74) is 6.66. The van der Waals surface area contributed by atoms with E-state index in [0.29, 0.717) is 25.9 Å². The van der Waals surface area contributed by atoms with E-state index < -0.39 is 9.84 Å². The average molecular weight is 403 g/mol. The Morgan fingerprint density at radius 2 is 1.77 bits per heavy atom. The first-order valence-electron chi connectivity index (χ1n) is 9.16. The molecule has 0 spiro atoms. The smallest absolute Gasteiger partial charge is 0.220 e. The minimum Gasteiger partial charge on any atom is -0.356 e. The number of halogens is 1. The van der Waals surface area contributed by atoms with E-state index in [2.05, 4.69) is 5.32 Å². The van der Waals surface area contributed by atoms with Gasteiger partial charge in [-0.05, 0) is 36.8 Å². The number of sulfone groups is 1. The Labute approximate surface area is 163 Å². The van der Waals surface area contributed by atoms with Crippen molar-refractivity contribution in [1.82, 2.24) is 5.32 Å². The molecule has 1 aliphatic rings. The minimum absolute atomic E-state index is 0.